The van der Waals surface area contributed by atoms with E-state index < -0.39 is 11.5 Å². The third kappa shape index (κ3) is 5.19. The number of carbonyl (C=O) groups is 2. The number of piperidine rings is 1. The summed E-state index contributed by atoms with van der Waals surface area (Å²) in [4.78, 5) is 36.4. The first-order valence-electron chi connectivity index (χ1n) is 17.1. The highest BCUT2D eigenvalue weighted by atomic mass is 16.5. The molecular formula is C38H41N5O5. The Labute approximate surface area is 279 Å². The average molecular weight is 648 g/mol. The van der Waals surface area contributed by atoms with Crippen LogP contribution in [0, 0.1) is 0 Å². The van der Waals surface area contributed by atoms with E-state index in [0.29, 0.717) is 54.3 Å². The summed E-state index contributed by atoms with van der Waals surface area (Å²) in [5.74, 6) is 1.56. The van der Waals surface area contributed by atoms with Gasteiger partial charge in [0.1, 0.15) is 29.5 Å². The van der Waals surface area contributed by atoms with E-state index in [1.165, 1.54) is 35.9 Å². The maximum absolute atomic E-state index is 14.3. The summed E-state index contributed by atoms with van der Waals surface area (Å²) in [6.07, 6.45) is 7.38. The molecule has 0 bridgehead atoms. The van der Waals surface area contributed by atoms with Gasteiger partial charge in [-0.3, -0.25) is 4.79 Å². The molecule has 0 atom stereocenters. The number of carbonyl (C=O) groups excluding carboxylic acids is 1. The second-order valence-electron chi connectivity index (χ2n) is 13.7. The fourth-order valence-corrected chi connectivity index (χ4v) is 8.12. The van der Waals surface area contributed by atoms with Gasteiger partial charge in [-0.25, -0.2) is 9.78 Å². The molecule has 2 aliphatic heterocycles. The summed E-state index contributed by atoms with van der Waals surface area (Å²) in [6, 6.07) is 17.1. The summed E-state index contributed by atoms with van der Waals surface area (Å²) in [5.41, 5.74) is 6.06. The van der Waals surface area contributed by atoms with Crippen molar-refractivity contribution < 1.29 is 24.2 Å². The maximum Gasteiger partial charge on any atom is 0.335 e. The van der Waals surface area contributed by atoms with Gasteiger partial charge in [0.15, 0.2) is 0 Å². The molecule has 1 saturated heterocycles. The number of imidazole rings is 1. The molecule has 0 spiro atoms. The van der Waals surface area contributed by atoms with Crippen LogP contribution in [0.1, 0.15) is 83.0 Å². The van der Waals surface area contributed by atoms with E-state index >= 15 is 0 Å². The van der Waals surface area contributed by atoms with Gasteiger partial charge < -0.3 is 34.3 Å². The number of likely N-dealkylation sites (tertiary alicyclic amines) is 1. The van der Waals surface area contributed by atoms with Crippen LogP contribution < -0.4 is 14.8 Å². The van der Waals surface area contributed by atoms with Crippen LogP contribution in [0.25, 0.3) is 33.2 Å². The lowest BCUT2D eigenvalue weighted by Gasteiger charge is -2.40. The number of aromatic nitrogens is 3. The van der Waals surface area contributed by atoms with Crippen LogP contribution in [0.3, 0.4) is 0 Å². The predicted molar refractivity (Wildman–Crippen MR) is 184 cm³/mol. The molecule has 8 rings (SSSR count). The van der Waals surface area contributed by atoms with E-state index in [0.717, 1.165) is 48.5 Å². The molecule has 0 unspecified atom stereocenters. The van der Waals surface area contributed by atoms with Crippen LogP contribution in [-0.2, 0) is 12.1 Å². The normalized spacial score (nSPS) is 18.1. The maximum atomic E-state index is 14.3. The smallest absolute Gasteiger partial charge is 0.335 e. The highest BCUT2D eigenvalue weighted by molar-refractivity contribution is 6.01. The first-order chi connectivity index (χ1) is 23.3. The zero-order valence-corrected chi connectivity index (χ0v) is 27.5. The Morgan fingerprint density at radius 3 is 2.56 bits per heavy atom. The molecule has 10 nitrogen and oxygen atoms in total. The SMILES string of the molecule is COc1ccc2c(c1)OCCn1c-2c(C2CCCCC2)c2ccc(C(=O)NC3(c4nc5ccc(C(=O)O)cc5[nH]4)CCN(C)CC3)cc21. The van der Waals surface area contributed by atoms with Crippen molar-refractivity contribution in [1.82, 2.24) is 24.8 Å². The lowest BCUT2D eigenvalue weighted by Crippen LogP contribution is -2.53. The molecule has 3 aliphatic rings. The van der Waals surface area contributed by atoms with Crippen molar-refractivity contribution >= 4 is 33.8 Å². The minimum absolute atomic E-state index is 0.155. The van der Waals surface area contributed by atoms with Crippen molar-refractivity contribution in [1.29, 1.82) is 0 Å². The van der Waals surface area contributed by atoms with Gasteiger partial charge in [-0.1, -0.05) is 25.3 Å². The van der Waals surface area contributed by atoms with Gasteiger partial charge in [0.2, 0.25) is 0 Å². The number of aromatic carboxylic acids is 1. The number of amides is 1. The molecule has 1 aliphatic carbocycles. The fourth-order valence-electron chi connectivity index (χ4n) is 8.12. The van der Waals surface area contributed by atoms with E-state index in [1.54, 1.807) is 25.3 Å². The van der Waals surface area contributed by atoms with Gasteiger partial charge >= 0.3 is 5.97 Å². The van der Waals surface area contributed by atoms with Gasteiger partial charge in [0, 0.05) is 41.2 Å². The molecule has 5 aromatic rings. The van der Waals surface area contributed by atoms with Crippen molar-refractivity contribution in [3.05, 3.63) is 77.1 Å². The number of aromatic amines is 1. The molecule has 2 aromatic heterocycles. The Kier molecular flexibility index (Phi) is 7.63. The number of rotatable bonds is 6. The number of hydrogen-bond acceptors (Lipinski definition) is 6. The zero-order chi connectivity index (χ0) is 33.0. The molecule has 248 valence electrons. The summed E-state index contributed by atoms with van der Waals surface area (Å²) < 4.78 is 14.2. The second-order valence-corrected chi connectivity index (χ2v) is 13.7. The number of carboxylic acids is 1. The van der Waals surface area contributed by atoms with Crippen LogP contribution in [0.4, 0.5) is 0 Å². The number of hydrogen-bond donors (Lipinski definition) is 3. The number of ether oxygens (including phenoxy) is 2. The van der Waals surface area contributed by atoms with Crippen LogP contribution in [0.5, 0.6) is 11.5 Å². The third-order valence-corrected chi connectivity index (χ3v) is 10.8. The zero-order valence-electron chi connectivity index (χ0n) is 27.5. The van der Waals surface area contributed by atoms with Crippen molar-refractivity contribution in [2.24, 2.45) is 0 Å². The topological polar surface area (TPSA) is 122 Å². The molecule has 48 heavy (non-hydrogen) atoms. The number of fused-ring (bicyclic) bond motifs is 6. The Hall–Kier alpha value is -4.83. The number of nitrogens with zero attached hydrogens (tertiary/aromatic N) is 3. The van der Waals surface area contributed by atoms with Gasteiger partial charge in [-0.05, 0) is 86.7 Å². The van der Waals surface area contributed by atoms with Crippen LogP contribution >= 0.6 is 0 Å². The Morgan fingerprint density at radius 1 is 1.00 bits per heavy atom. The third-order valence-electron chi connectivity index (χ3n) is 10.8. The fraction of sp³-hybridized carbons (Fsp3) is 0.395. The van der Waals surface area contributed by atoms with Crippen LogP contribution in [0.15, 0.2) is 54.6 Å². The van der Waals surface area contributed by atoms with Crippen molar-refractivity contribution in [2.75, 3.05) is 33.9 Å². The molecule has 1 saturated carbocycles. The monoisotopic (exact) mass is 647 g/mol. The van der Waals surface area contributed by atoms with Crippen molar-refractivity contribution in [3.63, 3.8) is 0 Å². The predicted octanol–water partition coefficient (Wildman–Crippen LogP) is 6.68. The highest BCUT2D eigenvalue weighted by Crippen LogP contribution is 2.48. The molecule has 4 heterocycles. The average Bonchev–Trinajstić information content (AvgIpc) is 3.63. The van der Waals surface area contributed by atoms with Gasteiger partial charge in [-0.15, -0.1) is 0 Å². The summed E-state index contributed by atoms with van der Waals surface area (Å²) in [6.45, 7) is 2.77. The van der Waals surface area contributed by atoms with Gasteiger partial charge in [0.25, 0.3) is 5.91 Å². The molecule has 1 amide bonds. The first kappa shape index (κ1) is 30.5. The second kappa shape index (κ2) is 12.0. The van der Waals surface area contributed by atoms with Gasteiger partial charge in [0.05, 0.1) is 35.9 Å². The van der Waals surface area contributed by atoms with E-state index in [1.807, 2.05) is 18.2 Å². The van der Waals surface area contributed by atoms with Crippen LogP contribution in [-0.4, -0.2) is 70.3 Å². The largest absolute Gasteiger partial charge is 0.497 e. The Morgan fingerprint density at radius 2 is 1.79 bits per heavy atom. The molecule has 10 heteroatoms. The first-order valence-corrected chi connectivity index (χ1v) is 17.1. The van der Waals surface area contributed by atoms with E-state index in [4.69, 9.17) is 14.5 Å². The Bertz CT molecular complexity index is 2050. The summed E-state index contributed by atoms with van der Waals surface area (Å²) in [7, 11) is 3.76. The highest BCUT2D eigenvalue weighted by Gasteiger charge is 2.40. The van der Waals surface area contributed by atoms with E-state index in [-0.39, 0.29) is 11.5 Å². The number of H-pyrrole nitrogens is 1. The quantitative estimate of drug-likeness (QED) is 0.188. The van der Waals surface area contributed by atoms with Crippen molar-refractivity contribution in [2.45, 2.75) is 62.9 Å². The molecule has 3 aromatic carbocycles. The lowest BCUT2D eigenvalue weighted by molar-refractivity contribution is 0.0696. The molecular weight excluding hydrogens is 606 g/mol. The Balaban J connectivity index is 1.21. The minimum atomic E-state index is -0.990. The minimum Gasteiger partial charge on any atom is -0.497 e. The van der Waals surface area contributed by atoms with Crippen LogP contribution in [0.2, 0.25) is 0 Å². The lowest BCUT2D eigenvalue weighted by atomic mass is 9.81. The summed E-state index contributed by atoms with van der Waals surface area (Å²) in [5, 5.41) is 14.1. The molecule has 0 radical (unpaired) electrons. The molecule has 3 N–H and O–H groups in total. The number of methoxy groups -OCH3 is 1. The number of nitrogens with one attached hydrogen (secondary N) is 2. The standard InChI is InChI=1S/C38H41N5O5/c1-42-16-14-38(15-17-42,37-39-29-13-9-25(36(45)46)20-30(29)40-37)41-35(44)24-8-11-27-31(21-24)43-18-19-48-32-22-26(47-2)10-12-28(32)34(43)33(27)23-6-4-3-5-7-23/h8-13,20-23H,3-7,14-19H2,1-2H3,(H,39,40)(H,41,44)(H,45,46). The summed E-state index contributed by atoms with van der Waals surface area (Å²) >= 11 is 0. The molecule has 2 fully saturated rings. The van der Waals surface area contributed by atoms with Gasteiger partial charge in [-0.2, -0.15) is 0 Å². The van der Waals surface area contributed by atoms with Crippen molar-refractivity contribution in [3.8, 4) is 22.8 Å². The van der Waals surface area contributed by atoms with E-state index in [2.05, 4.69) is 45.0 Å². The number of carboxylic acid groups (broad SMARTS) is 1. The number of benzene rings is 3. The van der Waals surface area contributed by atoms with E-state index in [9.17, 15) is 14.7 Å².